The first kappa shape index (κ1) is 12.0. The van der Waals surface area contributed by atoms with Crippen LogP contribution in [0.4, 0.5) is 0 Å². The van der Waals surface area contributed by atoms with Crippen LogP contribution in [-0.4, -0.2) is 45.6 Å². The fourth-order valence-corrected chi connectivity index (χ4v) is 1.52. The van der Waals surface area contributed by atoms with Crippen LogP contribution in [-0.2, 0) is 9.63 Å². The van der Waals surface area contributed by atoms with E-state index in [2.05, 4.69) is 26.0 Å². The number of carbonyl (C=O) groups is 1. The molecule has 1 atom stereocenters. The van der Waals surface area contributed by atoms with Crippen molar-refractivity contribution >= 4 is 21.9 Å². The van der Waals surface area contributed by atoms with E-state index in [-0.39, 0.29) is 11.6 Å². The zero-order valence-corrected chi connectivity index (χ0v) is 9.59. The molecule has 15 heavy (non-hydrogen) atoms. The molecule has 0 spiro atoms. The second-order valence-electron chi connectivity index (χ2n) is 3.02. The Labute approximate surface area is 94.9 Å². The first-order valence-corrected chi connectivity index (χ1v) is 5.64. The van der Waals surface area contributed by atoms with Gasteiger partial charge in [0.05, 0.1) is 11.5 Å². The number of hydrogen-bond acceptors (Lipinski definition) is 4. The van der Waals surface area contributed by atoms with Gasteiger partial charge in [-0.25, -0.2) is 4.79 Å². The van der Waals surface area contributed by atoms with E-state index in [1.807, 2.05) is 0 Å². The standard InChI is InChI=1S/C7H12BrN3O4/c8-3-5-15-9-11(14)10-4-1-2-6(10)7(12)13/h6H,1-5H2,(H,12,13)/b11-9-/t6-/m0/s1. The van der Waals surface area contributed by atoms with Gasteiger partial charge in [0.15, 0.2) is 6.04 Å². The van der Waals surface area contributed by atoms with Crippen LogP contribution in [0.1, 0.15) is 12.8 Å². The number of rotatable bonds is 5. The molecule has 1 aliphatic rings. The minimum atomic E-state index is -1.01. The number of hydrazine groups is 1. The molecule has 1 heterocycles. The van der Waals surface area contributed by atoms with Crippen molar-refractivity contribution in [2.45, 2.75) is 18.9 Å². The summed E-state index contributed by atoms with van der Waals surface area (Å²) in [5.41, 5.74) is 0. The van der Waals surface area contributed by atoms with E-state index in [1.54, 1.807) is 0 Å². The highest BCUT2D eigenvalue weighted by Crippen LogP contribution is 2.17. The minimum Gasteiger partial charge on any atom is -0.569 e. The molecule has 1 aliphatic heterocycles. The molecule has 0 aromatic rings. The van der Waals surface area contributed by atoms with Gasteiger partial charge in [0.25, 0.3) is 0 Å². The molecule has 86 valence electrons. The number of alkyl halides is 1. The zero-order valence-electron chi connectivity index (χ0n) is 8.00. The molecule has 1 rings (SSSR count). The van der Waals surface area contributed by atoms with Crippen LogP contribution >= 0.6 is 15.9 Å². The van der Waals surface area contributed by atoms with Gasteiger partial charge in [-0.3, -0.25) is 0 Å². The van der Waals surface area contributed by atoms with Crippen LogP contribution in [0, 0.1) is 5.21 Å². The maximum Gasteiger partial charge on any atom is 0.332 e. The summed E-state index contributed by atoms with van der Waals surface area (Å²) in [7, 11) is 0. The molecule has 1 fully saturated rings. The molecular formula is C7H12BrN3O4. The molecule has 0 saturated carbocycles. The molecule has 0 aliphatic carbocycles. The largest absolute Gasteiger partial charge is 0.569 e. The molecule has 1 saturated heterocycles. The molecule has 1 N–H and O–H groups in total. The number of carboxylic acid groups (broad SMARTS) is 1. The number of aliphatic carboxylic acids is 1. The molecule has 0 aromatic heterocycles. The van der Waals surface area contributed by atoms with E-state index in [0.717, 1.165) is 5.01 Å². The van der Waals surface area contributed by atoms with Gasteiger partial charge in [0.1, 0.15) is 6.61 Å². The molecule has 0 unspecified atom stereocenters. The Morgan fingerprint density at radius 3 is 3.13 bits per heavy atom. The normalized spacial score (nSPS) is 21.8. The maximum absolute atomic E-state index is 11.3. The van der Waals surface area contributed by atoms with Gasteiger partial charge in [0, 0.05) is 5.33 Å². The van der Waals surface area contributed by atoms with Crippen molar-refractivity contribution in [1.82, 2.24) is 5.01 Å². The molecule has 8 heteroatoms. The Morgan fingerprint density at radius 2 is 2.53 bits per heavy atom. The van der Waals surface area contributed by atoms with Gasteiger partial charge in [-0.15, -0.1) is 5.01 Å². The molecule has 0 aromatic carbocycles. The van der Waals surface area contributed by atoms with Gasteiger partial charge >= 0.3 is 5.97 Å². The van der Waals surface area contributed by atoms with Crippen molar-refractivity contribution < 1.29 is 19.7 Å². The molecule has 0 amide bonds. The molecule has 0 radical (unpaired) electrons. The SMILES string of the molecule is O=C(O)[C@@H]1CCCN1/[N+]([O-])=N/OCCBr. The highest BCUT2D eigenvalue weighted by Gasteiger charge is 2.36. The summed E-state index contributed by atoms with van der Waals surface area (Å²) in [6.45, 7) is 0.659. The van der Waals surface area contributed by atoms with Crippen LogP contribution in [0.3, 0.4) is 0 Å². The number of hydrogen-bond donors (Lipinski definition) is 1. The lowest BCUT2D eigenvalue weighted by Gasteiger charge is -2.16. The average Bonchev–Trinajstić information content (AvgIpc) is 2.66. The Hall–Kier alpha value is -1.05. The summed E-state index contributed by atoms with van der Waals surface area (Å²) >= 11 is 3.10. The van der Waals surface area contributed by atoms with E-state index in [1.165, 1.54) is 0 Å². The maximum atomic E-state index is 11.3. The first-order chi connectivity index (χ1) is 7.16. The minimum absolute atomic E-state index is 0.217. The predicted molar refractivity (Wildman–Crippen MR) is 53.2 cm³/mol. The van der Waals surface area contributed by atoms with Crippen molar-refractivity contribution in [3.05, 3.63) is 5.21 Å². The highest BCUT2D eigenvalue weighted by atomic mass is 79.9. The van der Waals surface area contributed by atoms with Crippen molar-refractivity contribution in [3.63, 3.8) is 0 Å². The average molecular weight is 282 g/mol. The lowest BCUT2D eigenvalue weighted by molar-refractivity contribution is -0.711. The van der Waals surface area contributed by atoms with E-state index in [9.17, 15) is 10.0 Å². The Morgan fingerprint density at radius 1 is 1.80 bits per heavy atom. The Bertz CT molecular complexity index is 261. The van der Waals surface area contributed by atoms with Crippen LogP contribution in [0.5, 0.6) is 0 Å². The predicted octanol–water partition coefficient (Wildman–Crippen LogP) is 0.739. The van der Waals surface area contributed by atoms with E-state index in [4.69, 9.17) is 5.11 Å². The van der Waals surface area contributed by atoms with E-state index in [0.29, 0.717) is 24.7 Å². The van der Waals surface area contributed by atoms with Gasteiger partial charge in [-0.05, 0) is 12.8 Å². The lowest BCUT2D eigenvalue weighted by atomic mass is 10.2. The van der Waals surface area contributed by atoms with Crippen LogP contribution in [0.2, 0.25) is 0 Å². The second kappa shape index (κ2) is 5.74. The van der Waals surface area contributed by atoms with Crippen molar-refractivity contribution in [2.75, 3.05) is 18.5 Å². The smallest absolute Gasteiger partial charge is 0.332 e. The third-order valence-corrected chi connectivity index (χ3v) is 2.35. The summed E-state index contributed by atoms with van der Waals surface area (Å²) in [5.74, 6) is -1.01. The molecule has 7 nitrogen and oxygen atoms in total. The second-order valence-corrected chi connectivity index (χ2v) is 3.81. The zero-order chi connectivity index (χ0) is 11.3. The molecular weight excluding hydrogens is 270 g/mol. The van der Waals surface area contributed by atoms with Gasteiger partial charge in [-0.1, -0.05) is 15.9 Å². The van der Waals surface area contributed by atoms with Crippen LogP contribution in [0.15, 0.2) is 5.28 Å². The molecule has 0 bridgehead atoms. The summed E-state index contributed by atoms with van der Waals surface area (Å²) in [6.07, 6.45) is 1.13. The summed E-state index contributed by atoms with van der Waals surface area (Å²) in [4.78, 5) is 15.6. The number of carboxylic acids is 1. The van der Waals surface area contributed by atoms with Crippen LogP contribution in [0.25, 0.3) is 0 Å². The number of halogens is 1. The summed E-state index contributed by atoms with van der Waals surface area (Å²) in [5, 5.41) is 25.1. The monoisotopic (exact) mass is 281 g/mol. The Kier molecular flexibility index (Phi) is 4.60. The number of nitrogens with zero attached hydrogens (tertiary/aromatic N) is 3. The fourth-order valence-electron chi connectivity index (χ4n) is 1.38. The third-order valence-electron chi connectivity index (χ3n) is 2.03. The summed E-state index contributed by atoms with van der Waals surface area (Å²) < 4.78 is 0. The first-order valence-electron chi connectivity index (χ1n) is 4.52. The van der Waals surface area contributed by atoms with Gasteiger partial charge in [-0.2, -0.15) is 0 Å². The fraction of sp³-hybridized carbons (Fsp3) is 0.857. The van der Waals surface area contributed by atoms with Gasteiger partial charge < -0.3 is 15.2 Å². The highest BCUT2D eigenvalue weighted by molar-refractivity contribution is 9.09. The quantitative estimate of drug-likeness (QED) is 0.264. The van der Waals surface area contributed by atoms with Crippen LogP contribution < -0.4 is 0 Å². The lowest BCUT2D eigenvalue weighted by Crippen LogP contribution is -2.40. The van der Waals surface area contributed by atoms with Crippen molar-refractivity contribution in [2.24, 2.45) is 5.28 Å². The van der Waals surface area contributed by atoms with E-state index >= 15 is 0 Å². The van der Waals surface area contributed by atoms with Crippen molar-refractivity contribution in [3.8, 4) is 0 Å². The summed E-state index contributed by atoms with van der Waals surface area (Å²) in [6, 6.07) is -0.793. The van der Waals surface area contributed by atoms with E-state index < -0.39 is 12.0 Å². The van der Waals surface area contributed by atoms with Crippen molar-refractivity contribution in [1.29, 1.82) is 0 Å². The third kappa shape index (κ3) is 3.22. The van der Waals surface area contributed by atoms with Gasteiger partial charge in [0.2, 0.25) is 5.28 Å². The topological polar surface area (TPSA) is 88.2 Å². The Balaban J connectivity index is 2.53.